The molecule has 68 valence electrons. The second-order valence-corrected chi connectivity index (χ2v) is 2.48. The molecule has 1 aromatic carbocycles. The topological polar surface area (TPSA) is 49.7 Å². The summed E-state index contributed by atoms with van der Waals surface area (Å²) < 4.78 is 4.98. The van der Waals surface area contributed by atoms with E-state index >= 15 is 0 Å². The van der Waals surface area contributed by atoms with Gasteiger partial charge in [-0.3, -0.25) is 0 Å². The summed E-state index contributed by atoms with van der Waals surface area (Å²) in [5.41, 5.74) is 0.703. The predicted octanol–water partition coefficient (Wildman–Crippen LogP) is 0.462. The van der Waals surface area contributed by atoms with E-state index in [1.807, 2.05) is 18.2 Å². The third-order valence-corrected chi connectivity index (χ3v) is 1.54. The quantitative estimate of drug-likeness (QED) is 0.520. The van der Waals surface area contributed by atoms with E-state index in [-0.39, 0.29) is 6.61 Å². The van der Waals surface area contributed by atoms with E-state index in [0.29, 0.717) is 5.46 Å². The minimum absolute atomic E-state index is 0.187. The Balaban J connectivity index is 2.44. The Bertz CT molecular complexity index is 261. The van der Waals surface area contributed by atoms with Gasteiger partial charge in [-0.1, -0.05) is 30.3 Å². The van der Waals surface area contributed by atoms with Gasteiger partial charge in [-0.15, -0.1) is 0 Å². The van der Waals surface area contributed by atoms with E-state index in [4.69, 9.17) is 9.76 Å². The number of aliphatic hydroxyl groups is 1. The largest absolute Gasteiger partial charge is 0.516 e. The fourth-order valence-electron chi connectivity index (χ4n) is 0.904. The van der Waals surface area contributed by atoms with E-state index in [1.165, 1.54) is 6.08 Å². The molecule has 0 saturated heterocycles. The number of aliphatic hydroxyl groups excluding tert-OH is 1. The predicted molar refractivity (Wildman–Crippen MR) is 51.8 cm³/mol. The third-order valence-electron chi connectivity index (χ3n) is 1.54. The first kappa shape index (κ1) is 9.83. The van der Waals surface area contributed by atoms with Crippen LogP contribution in [0.2, 0.25) is 0 Å². The van der Waals surface area contributed by atoms with Crippen molar-refractivity contribution in [1.82, 2.24) is 0 Å². The van der Waals surface area contributed by atoms with Crippen LogP contribution in [0.3, 0.4) is 0 Å². The summed E-state index contributed by atoms with van der Waals surface area (Å²) in [6.45, 7) is 0.187. The number of rotatable bonds is 4. The van der Waals surface area contributed by atoms with E-state index in [1.54, 1.807) is 12.1 Å². The standard InChI is InChI=1S/C9H11BO3/c11-7-4-8-13-10(12)9-5-2-1-3-6-9/h1-7,11-12H,8H2. The van der Waals surface area contributed by atoms with E-state index in [9.17, 15) is 5.02 Å². The highest BCUT2D eigenvalue weighted by molar-refractivity contribution is 6.59. The molecule has 0 unspecified atom stereocenters. The maximum atomic E-state index is 9.41. The molecule has 0 radical (unpaired) electrons. The number of hydrogen-bond donors (Lipinski definition) is 2. The molecule has 0 heterocycles. The maximum absolute atomic E-state index is 9.41. The molecule has 1 aromatic rings. The molecule has 0 fully saturated rings. The molecular weight excluding hydrogens is 167 g/mol. The van der Waals surface area contributed by atoms with Crippen LogP contribution in [0.4, 0.5) is 0 Å². The maximum Gasteiger partial charge on any atom is 0.491 e. The lowest BCUT2D eigenvalue weighted by molar-refractivity contribution is 0.301. The molecule has 4 heteroatoms. The van der Waals surface area contributed by atoms with Crippen molar-refractivity contribution < 1.29 is 14.8 Å². The van der Waals surface area contributed by atoms with E-state index in [0.717, 1.165) is 6.26 Å². The van der Waals surface area contributed by atoms with Crippen LogP contribution in [0.25, 0.3) is 0 Å². The lowest BCUT2D eigenvalue weighted by Gasteiger charge is -2.04. The molecule has 0 spiro atoms. The van der Waals surface area contributed by atoms with Gasteiger partial charge in [-0.05, 0) is 11.5 Å². The van der Waals surface area contributed by atoms with Gasteiger partial charge < -0.3 is 14.8 Å². The summed E-state index contributed by atoms with van der Waals surface area (Å²) in [5.74, 6) is 0. The van der Waals surface area contributed by atoms with Crippen LogP contribution < -0.4 is 5.46 Å². The smallest absolute Gasteiger partial charge is 0.491 e. The van der Waals surface area contributed by atoms with Crippen molar-refractivity contribution in [2.45, 2.75) is 0 Å². The SMILES string of the molecule is OC=CCOB(O)c1ccccc1. The van der Waals surface area contributed by atoms with Crippen LogP contribution in [-0.2, 0) is 4.65 Å². The summed E-state index contributed by atoms with van der Waals surface area (Å²) in [6.07, 6.45) is 2.30. The van der Waals surface area contributed by atoms with Crippen LogP contribution in [0.1, 0.15) is 0 Å². The fraction of sp³-hybridized carbons (Fsp3) is 0.111. The molecule has 3 nitrogen and oxygen atoms in total. The summed E-state index contributed by atoms with van der Waals surface area (Å²) in [5, 5.41) is 17.7. The van der Waals surface area contributed by atoms with Crippen molar-refractivity contribution in [3.63, 3.8) is 0 Å². The highest BCUT2D eigenvalue weighted by atomic mass is 16.5. The third kappa shape index (κ3) is 3.31. The van der Waals surface area contributed by atoms with Gasteiger partial charge in [0.15, 0.2) is 0 Å². The van der Waals surface area contributed by atoms with E-state index < -0.39 is 7.12 Å². The van der Waals surface area contributed by atoms with Crippen molar-refractivity contribution in [2.24, 2.45) is 0 Å². The first-order valence-electron chi connectivity index (χ1n) is 3.98. The zero-order valence-electron chi connectivity index (χ0n) is 7.13. The first-order chi connectivity index (χ1) is 6.34. The molecule has 0 aromatic heterocycles. The summed E-state index contributed by atoms with van der Waals surface area (Å²) in [7, 11) is -0.933. The molecular formula is C9H11BO3. The second-order valence-electron chi connectivity index (χ2n) is 2.48. The van der Waals surface area contributed by atoms with Gasteiger partial charge in [0.2, 0.25) is 0 Å². The molecule has 0 aliphatic rings. The van der Waals surface area contributed by atoms with E-state index in [2.05, 4.69) is 0 Å². The molecule has 0 amide bonds. The zero-order chi connectivity index (χ0) is 9.52. The highest BCUT2D eigenvalue weighted by Crippen LogP contribution is 1.88. The van der Waals surface area contributed by atoms with Crippen LogP contribution in [-0.4, -0.2) is 23.9 Å². The lowest BCUT2D eigenvalue weighted by atomic mass is 9.80. The first-order valence-corrected chi connectivity index (χ1v) is 3.98. The van der Waals surface area contributed by atoms with Gasteiger partial charge in [0, 0.05) is 0 Å². The van der Waals surface area contributed by atoms with Crippen molar-refractivity contribution in [1.29, 1.82) is 0 Å². The van der Waals surface area contributed by atoms with Gasteiger partial charge in [-0.25, -0.2) is 0 Å². The van der Waals surface area contributed by atoms with Gasteiger partial charge >= 0.3 is 7.12 Å². The molecule has 0 atom stereocenters. The van der Waals surface area contributed by atoms with Gasteiger partial charge in [0.1, 0.15) is 0 Å². The van der Waals surface area contributed by atoms with Gasteiger partial charge in [0.25, 0.3) is 0 Å². The number of hydrogen-bond acceptors (Lipinski definition) is 3. The molecule has 1 rings (SSSR count). The normalized spacial score (nSPS) is 10.5. The minimum Gasteiger partial charge on any atom is -0.516 e. The average Bonchev–Trinajstić information content (AvgIpc) is 2.19. The summed E-state index contributed by atoms with van der Waals surface area (Å²) in [4.78, 5) is 0. The van der Waals surface area contributed by atoms with Gasteiger partial charge in [0.05, 0.1) is 12.9 Å². The Morgan fingerprint density at radius 1 is 1.31 bits per heavy atom. The Morgan fingerprint density at radius 3 is 2.62 bits per heavy atom. The number of benzene rings is 1. The van der Waals surface area contributed by atoms with Crippen molar-refractivity contribution in [2.75, 3.05) is 6.61 Å². The highest BCUT2D eigenvalue weighted by Gasteiger charge is 2.14. The van der Waals surface area contributed by atoms with Crippen LogP contribution in [0.15, 0.2) is 42.7 Å². The Hall–Kier alpha value is -1.26. The molecule has 0 aliphatic carbocycles. The van der Waals surface area contributed by atoms with Crippen molar-refractivity contribution in [3.05, 3.63) is 42.7 Å². The zero-order valence-corrected chi connectivity index (χ0v) is 7.13. The molecule has 13 heavy (non-hydrogen) atoms. The monoisotopic (exact) mass is 178 g/mol. The molecule has 0 aliphatic heterocycles. The molecule has 2 N–H and O–H groups in total. The average molecular weight is 178 g/mol. The lowest BCUT2D eigenvalue weighted by Crippen LogP contribution is -2.33. The molecule has 0 saturated carbocycles. The van der Waals surface area contributed by atoms with Crippen molar-refractivity contribution in [3.8, 4) is 0 Å². The summed E-state index contributed by atoms with van der Waals surface area (Å²) >= 11 is 0. The fourth-order valence-corrected chi connectivity index (χ4v) is 0.904. The Kier molecular flexibility index (Phi) is 4.08. The Morgan fingerprint density at radius 2 is 2.00 bits per heavy atom. The molecule has 0 bridgehead atoms. The second kappa shape index (κ2) is 5.40. The van der Waals surface area contributed by atoms with Crippen molar-refractivity contribution >= 4 is 12.6 Å². The van der Waals surface area contributed by atoms with Gasteiger partial charge in [-0.2, -0.15) is 0 Å². The Labute approximate surface area is 77.4 Å². The van der Waals surface area contributed by atoms with Crippen LogP contribution in [0.5, 0.6) is 0 Å². The summed E-state index contributed by atoms with van der Waals surface area (Å²) in [6, 6.07) is 9.05. The minimum atomic E-state index is -0.933. The van der Waals surface area contributed by atoms with Crippen LogP contribution in [0, 0.1) is 0 Å². The van der Waals surface area contributed by atoms with Crippen LogP contribution >= 0.6 is 0 Å².